The van der Waals surface area contributed by atoms with Gasteiger partial charge in [-0.1, -0.05) is 53.5 Å². The number of esters is 1. The van der Waals surface area contributed by atoms with Crippen molar-refractivity contribution in [2.75, 3.05) is 12.4 Å². The second-order valence-corrected chi connectivity index (χ2v) is 7.08. The Morgan fingerprint density at radius 2 is 1.88 bits per heavy atom. The van der Waals surface area contributed by atoms with Crippen LogP contribution in [0.1, 0.15) is 18.5 Å². The summed E-state index contributed by atoms with van der Waals surface area (Å²) in [4.78, 5) is 24.3. The first-order valence-electron chi connectivity index (χ1n) is 7.53. The van der Waals surface area contributed by atoms with Gasteiger partial charge in [-0.25, -0.2) is 0 Å². The lowest BCUT2D eigenvalue weighted by Gasteiger charge is -2.14. The van der Waals surface area contributed by atoms with Gasteiger partial charge in [0.1, 0.15) is 0 Å². The van der Waals surface area contributed by atoms with Gasteiger partial charge in [0, 0.05) is 9.92 Å². The quantitative estimate of drug-likeness (QED) is 0.551. The Kier molecular flexibility index (Phi) is 7.62. The van der Waals surface area contributed by atoms with Crippen LogP contribution in [0.15, 0.2) is 53.4 Å². The van der Waals surface area contributed by atoms with Crippen LogP contribution in [0.3, 0.4) is 0 Å². The molecule has 0 saturated carbocycles. The van der Waals surface area contributed by atoms with Crippen molar-refractivity contribution in [1.82, 2.24) is 5.32 Å². The van der Waals surface area contributed by atoms with Gasteiger partial charge in [-0.15, -0.1) is 11.8 Å². The number of hydrogen-bond acceptors (Lipinski definition) is 4. The van der Waals surface area contributed by atoms with Gasteiger partial charge in [0.15, 0.2) is 6.61 Å². The SMILES string of the molecule is C[C@@H](NC(=O)COC(=O)CSc1cc(Cl)ccc1Cl)c1ccccc1. The number of hydrogen-bond donors (Lipinski definition) is 1. The van der Waals surface area contributed by atoms with Crippen LogP contribution in [0.25, 0.3) is 0 Å². The van der Waals surface area contributed by atoms with E-state index >= 15 is 0 Å². The molecule has 7 heteroatoms. The molecule has 0 aliphatic heterocycles. The number of carbonyl (C=O) groups is 2. The molecule has 0 heterocycles. The molecule has 0 aliphatic carbocycles. The largest absolute Gasteiger partial charge is 0.455 e. The number of benzene rings is 2. The Bertz CT molecular complexity index is 740. The molecule has 132 valence electrons. The van der Waals surface area contributed by atoms with Crippen LogP contribution in [-0.2, 0) is 14.3 Å². The second-order valence-electron chi connectivity index (χ2n) is 5.22. The topological polar surface area (TPSA) is 55.4 Å². The molecule has 2 aromatic carbocycles. The fraction of sp³-hybridized carbons (Fsp3) is 0.222. The Morgan fingerprint density at radius 1 is 1.16 bits per heavy atom. The highest BCUT2D eigenvalue weighted by atomic mass is 35.5. The highest BCUT2D eigenvalue weighted by molar-refractivity contribution is 8.00. The highest BCUT2D eigenvalue weighted by Gasteiger charge is 2.12. The van der Waals surface area contributed by atoms with E-state index in [1.165, 1.54) is 11.8 Å². The first kappa shape index (κ1) is 19.6. The lowest BCUT2D eigenvalue weighted by molar-refractivity contribution is -0.146. The molecule has 0 bridgehead atoms. The lowest BCUT2D eigenvalue weighted by atomic mass is 10.1. The summed E-state index contributed by atoms with van der Waals surface area (Å²) < 4.78 is 4.98. The van der Waals surface area contributed by atoms with Crippen LogP contribution in [0.4, 0.5) is 0 Å². The molecule has 25 heavy (non-hydrogen) atoms. The van der Waals surface area contributed by atoms with E-state index in [9.17, 15) is 9.59 Å². The van der Waals surface area contributed by atoms with Crippen LogP contribution in [0.5, 0.6) is 0 Å². The smallest absolute Gasteiger partial charge is 0.316 e. The Labute approximate surface area is 160 Å². The molecule has 1 atom stereocenters. The minimum Gasteiger partial charge on any atom is -0.455 e. The average Bonchev–Trinajstić information content (AvgIpc) is 2.61. The lowest BCUT2D eigenvalue weighted by Crippen LogP contribution is -2.31. The van der Waals surface area contributed by atoms with Crippen molar-refractivity contribution in [3.8, 4) is 0 Å². The van der Waals surface area contributed by atoms with Crippen LogP contribution < -0.4 is 5.32 Å². The van der Waals surface area contributed by atoms with Gasteiger partial charge in [0.05, 0.1) is 16.8 Å². The third-order valence-electron chi connectivity index (χ3n) is 3.28. The van der Waals surface area contributed by atoms with Crippen LogP contribution in [0.2, 0.25) is 10.0 Å². The monoisotopic (exact) mass is 397 g/mol. The molecule has 0 aliphatic rings. The van der Waals surface area contributed by atoms with E-state index in [4.69, 9.17) is 27.9 Å². The molecule has 0 radical (unpaired) electrons. The number of nitrogens with one attached hydrogen (secondary N) is 1. The fourth-order valence-electron chi connectivity index (χ4n) is 2.02. The summed E-state index contributed by atoms with van der Waals surface area (Å²) >= 11 is 13.1. The maximum Gasteiger partial charge on any atom is 0.316 e. The highest BCUT2D eigenvalue weighted by Crippen LogP contribution is 2.29. The Hall–Kier alpha value is -1.69. The Morgan fingerprint density at radius 3 is 2.60 bits per heavy atom. The first-order valence-corrected chi connectivity index (χ1v) is 9.27. The van der Waals surface area contributed by atoms with E-state index < -0.39 is 5.97 Å². The van der Waals surface area contributed by atoms with E-state index in [0.29, 0.717) is 14.9 Å². The number of carbonyl (C=O) groups excluding carboxylic acids is 2. The number of thioether (sulfide) groups is 1. The zero-order chi connectivity index (χ0) is 18.2. The van der Waals surface area contributed by atoms with Gasteiger partial charge in [0.25, 0.3) is 5.91 Å². The molecule has 0 unspecified atom stereocenters. The van der Waals surface area contributed by atoms with Gasteiger partial charge in [-0.3, -0.25) is 9.59 Å². The van der Waals surface area contributed by atoms with Gasteiger partial charge < -0.3 is 10.1 Å². The van der Waals surface area contributed by atoms with E-state index in [0.717, 1.165) is 5.56 Å². The van der Waals surface area contributed by atoms with E-state index in [1.54, 1.807) is 18.2 Å². The molecular formula is C18H17Cl2NO3S. The second kappa shape index (κ2) is 9.70. The first-order chi connectivity index (χ1) is 12.0. The fourth-order valence-corrected chi connectivity index (χ4v) is 3.31. The molecule has 1 N–H and O–H groups in total. The summed E-state index contributed by atoms with van der Waals surface area (Å²) in [5, 5.41) is 3.83. The third kappa shape index (κ3) is 6.61. The zero-order valence-corrected chi connectivity index (χ0v) is 15.8. The summed E-state index contributed by atoms with van der Waals surface area (Å²) in [5.41, 5.74) is 0.980. The van der Waals surface area contributed by atoms with Gasteiger partial charge in [0.2, 0.25) is 0 Å². The maximum atomic E-state index is 11.9. The van der Waals surface area contributed by atoms with Crippen molar-refractivity contribution in [1.29, 1.82) is 0 Å². The van der Waals surface area contributed by atoms with Gasteiger partial charge in [-0.05, 0) is 30.7 Å². The van der Waals surface area contributed by atoms with Crippen molar-refractivity contribution in [2.45, 2.75) is 17.9 Å². The van der Waals surface area contributed by atoms with Gasteiger partial charge >= 0.3 is 5.97 Å². The van der Waals surface area contributed by atoms with Crippen molar-refractivity contribution in [3.05, 3.63) is 64.1 Å². The van der Waals surface area contributed by atoms with E-state index in [1.807, 2.05) is 37.3 Å². The predicted octanol–water partition coefficient (Wildman–Crippen LogP) is 4.51. The molecular weight excluding hydrogens is 381 g/mol. The number of amides is 1. The van der Waals surface area contributed by atoms with Crippen molar-refractivity contribution in [2.24, 2.45) is 0 Å². The summed E-state index contributed by atoms with van der Waals surface area (Å²) in [6, 6.07) is 14.4. The number of ether oxygens (including phenoxy) is 1. The molecule has 0 aromatic heterocycles. The summed E-state index contributed by atoms with van der Waals surface area (Å²) in [5.74, 6) is -0.805. The van der Waals surface area contributed by atoms with Crippen molar-refractivity contribution in [3.63, 3.8) is 0 Å². The minimum atomic E-state index is -0.497. The van der Waals surface area contributed by atoms with E-state index in [2.05, 4.69) is 5.32 Å². The summed E-state index contributed by atoms with van der Waals surface area (Å²) in [6.45, 7) is 1.55. The maximum absolute atomic E-state index is 11.9. The average molecular weight is 398 g/mol. The zero-order valence-electron chi connectivity index (χ0n) is 13.5. The number of rotatable bonds is 7. The summed E-state index contributed by atoms with van der Waals surface area (Å²) in [6.07, 6.45) is 0. The van der Waals surface area contributed by atoms with Crippen LogP contribution in [0, 0.1) is 0 Å². The molecule has 0 spiro atoms. The third-order valence-corrected chi connectivity index (χ3v) is 4.99. The minimum absolute atomic E-state index is 0.0432. The van der Waals surface area contributed by atoms with Crippen LogP contribution >= 0.6 is 35.0 Å². The molecule has 1 amide bonds. The molecule has 2 rings (SSSR count). The molecule has 4 nitrogen and oxygen atoms in total. The Balaban J connectivity index is 1.74. The van der Waals surface area contributed by atoms with Crippen LogP contribution in [-0.4, -0.2) is 24.2 Å². The molecule has 0 saturated heterocycles. The predicted molar refractivity (Wildman–Crippen MR) is 101 cm³/mol. The van der Waals surface area contributed by atoms with E-state index in [-0.39, 0.29) is 24.3 Å². The molecule has 0 fully saturated rings. The number of halogens is 2. The van der Waals surface area contributed by atoms with Gasteiger partial charge in [-0.2, -0.15) is 0 Å². The normalized spacial score (nSPS) is 11.6. The van der Waals surface area contributed by atoms with Crippen molar-refractivity contribution < 1.29 is 14.3 Å². The standard InChI is InChI=1S/C18H17Cl2NO3S/c1-12(13-5-3-2-4-6-13)21-17(22)10-24-18(23)11-25-16-9-14(19)7-8-15(16)20/h2-9,12H,10-11H2,1H3,(H,21,22)/t12-/m1/s1. The summed E-state index contributed by atoms with van der Waals surface area (Å²) in [7, 11) is 0. The molecule has 2 aromatic rings. The van der Waals surface area contributed by atoms with Crippen molar-refractivity contribution >= 4 is 46.8 Å².